The van der Waals surface area contributed by atoms with Gasteiger partial charge in [0.05, 0.1) is 5.69 Å². The summed E-state index contributed by atoms with van der Waals surface area (Å²) in [6, 6.07) is 0. The molecule has 9 heteroatoms. The number of hydrogen-bond donors (Lipinski definition) is 2. The molecule has 2 amide bonds. The molecule has 0 spiro atoms. The van der Waals surface area contributed by atoms with Gasteiger partial charge in [0.2, 0.25) is 11.8 Å². The molecule has 0 saturated heterocycles. The first kappa shape index (κ1) is 21.8. The number of thiol groups is 1. The molecule has 1 atom stereocenters. The van der Waals surface area contributed by atoms with E-state index in [-0.39, 0.29) is 23.7 Å². The van der Waals surface area contributed by atoms with Crippen LogP contribution in [-0.4, -0.2) is 33.6 Å². The fourth-order valence-corrected chi connectivity index (χ4v) is 4.12. The molecule has 27 heavy (non-hydrogen) atoms. The van der Waals surface area contributed by atoms with Crippen LogP contribution in [0.15, 0.2) is 17.0 Å². The van der Waals surface area contributed by atoms with Crippen molar-refractivity contribution in [3.63, 3.8) is 0 Å². The van der Waals surface area contributed by atoms with Gasteiger partial charge < -0.3 is 5.32 Å². The van der Waals surface area contributed by atoms with Crippen LogP contribution in [0.25, 0.3) is 0 Å². The average molecular weight is 427 g/mol. The summed E-state index contributed by atoms with van der Waals surface area (Å²) in [5.41, 5.74) is 0.741. The Kier molecular flexibility index (Phi) is 7.04. The lowest BCUT2D eigenvalue weighted by Crippen LogP contribution is -2.34. The van der Waals surface area contributed by atoms with Crippen LogP contribution in [-0.2, 0) is 16.0 Å². The molecule has 0 unspecified atom stereocenters. The molecule has 0 aliphatic rings. The van der Waals surface area contributed by atoms with Gasteiger partial charge in [-0.2, -0.15) is 12.6 Å². The molecular formula is C18H26N4O2S3. The first-order valence-corrected chi connectivity index (χ1v) is 10.8. The molecule has 0 aliphatic heterocycles. The van der Waals surface area contributed by atoms with Crippen molar-refractivity contribution in [2.24, 2.45) is 5.41 Å². The van der Waals surface area contributed by atoms with E-state index in [9.17, 15) is 9.59 Å². The molecular weight excluding hydrogens is 400 g/mol. The number of anilines is 2. The minimum Gasteiger partial charge on any atom is -0.302 e. The number of aromatic nitrogens is 2. The smallest absolute Gasteiger partial charge is 0.229 e. The summed E-state index contributed by atoms with van der Waals surface area (Å²) in [4.78, 5) is 34.7. The van der Waals surface area contributed by atoms with Crippen molar-refractivity contribution in [2.75, 3.05) is 17.3 Å². The maximum Gasteiger partial charge on any atom is 0.229 e. The first-order valence-electron chi connectivity index (χ1n) is 8.58. The zero-order valence-corrected chi connectivity index (χ0v) is 18.8. The topological polar surface area (TPSA) is 75.2 Å². The lowest BCUT2D eigenvalue weighted by atomic mass is 9.92. The molecule has 0 bridgehead atoms. The van der Waals surface area contributed by atoms with Gasteiger partial charge in [-0.1, -0.05) is 20.8 Å². The fourth-order valence-electron chi connectivity index (χ4n) is 2.48. The van der Waals surface area contributed by atoms with Gasteiger partial charge in [0.25, 0.3) is 0 Å². The van der Waals surface area contributed by atoms with E-state index in [0.717, 1.165) is 5.69 Å². The predicted molar refractivity (Wildman–Crippen MR) is 116 cm³/mol. The highest BCUT2D eigenvalue weighted by Gasteiger charge is 2.28. The molecule has 0 radical (unpaired) electrons. The maximum absolute atomic E-state index is 12.5. The van der Waals surface area contributed by atoms with Crippen LogP contribution in [0.3, 0.4) is 0 Å². The van der Waals surface area contributed by atoms with E-state index in [1.807, 2.05) is 38.5 Å². The van der Waals surface area contributed by atoms with E-state index in [4.69, 9.17) is 0 Å². The van der Waals surface area contributed by atoms with Gasteiger partial charge in [-0.05, 0) is 12.3 Å². The zero-order valence-electron chi connectivity index (χ0n) is 16.3. The van der Waals surface area contributed by atoms with Crippen LogP contribution in [0.4, 0.5) is 10.3 Å². The standard InChI is InChI=1S/C18H26N4O2S3/c1-17(2,3)9-13(23)21-15-20-12(11-27-15)8-18(4,25)10-14(24)22(5)16-19-6-7-26-16/h6-7,11,25H,8-10H2,1-5H3,(H,20,21,23)/t18-/m1/s1. The van der Waals surface area contributed by atoms with Crippen molar-refractivity contribution < 1.29 is 9.59 Å². The third-order valence-corrected chi connectivity index (χ3v) is 5.63. The molecule has 0 fully saturated rings. The molecule has 2 rings (SSSR count). The molecule has 0 aliphatic carbocycles. The highest BCUT2D eigenvalue weighted by molar-refractivity contribution is 7.81. The number of nitrogens with one attached hydrogen (secondary N) is 1. The second-order valence-corrected chi connectivity index (χ2v) is 10.9. The van der Waals surface area contributed by atoms with Crippen LogP contribution in [0.1, 0.15) is 46.2 Å². The third kappa shape index (κ3) is 7.23. The summed E-state index contributed by atoms with van der Waals surface area (Å²) >= 11 is 7.48. The number of rotatable bonds is 7. The van der Waals surface area contributed by atoms with Crippen LogP contribution in [0.5, 0.6) is 0 Å². The van der Waals surface area contributed by atoms with Crippen molar-refractivity contribution in [1.29, 1.82) is 0 Å². The third-order valence-electron chi connectivity index (χ3n) is 3.66. The van der Waals surface area contributed by atoms with Crippen LogP contribution in [0, 0.1) is 5.41 Å². The van der Waals surface area contributed by atoms with Gasteiger partial charge in [0.15, 0.2) is 10.3 Å². The highest BCUT2D eigenvalue weighted by Crippen LogP contribution is 2.28. The first-order chi connectivity index (χ1) is 12.5. The van der Waals surface area contributed by atoms with Gasteiger partial charge >= 0.3 is 0 Å². The van der Waals surface area contributed by atoms with Crippen LogP contribution >= 0.6 is 35.3 Å². The van der Waals surface area contributed by atoms with Crippen molar-refractivity contribution in [1.82, 2.24) is 9.97 Å². The average Bonchev–Trinajstić information content (AvgIpc) is 3.15. The zero-order chi connectivity index (χ0) is 20.2. The second-order valence-electron chi connectivity index (χ2n) is 8.05. The molecule has 2 heterocycles. The quantitative estimate of drug-likeness (QED) is 0.649. The SMILES string of the molecule is CN(C(=O)C[C@](C)(S)Cc1csc(NC(=O)CC(C)(C)C)n1)c1nccs1. The maximum atomic E-state index is 12.5. The summed E-state index contributed by atoms with van der Waals surface area (Å²) in [6.45, 7) is 7.98. The molecule has 2 aromatic rings. The van der Waals surface area contributed by atoms with Gasteiger partial charge in [-0.25, -0.2) is 9.97 Å². The van der Waals surface area contributed by atoms with E-state index in [1.54, 1.807) is 18.1 Å². The molecule has 148 valence electrons. The predicted octanol–water partition coefficient (Wildman–Crippen LogP) is 4.26. The van der Waals surface area contributed by atoms with Gasteiger partial charge in [-0.15, -0.1) is 22.7 Å². The van der Waals surface area contributed by atoms with E-state index in [1.165, 1.54) is 22.7 Å². The Labute approximate surface area is 173 Å². The Hall–Kier alpha value is -1.45. The molecule has 1 N–H and O–H groups in total. The fraction of sp³-hybridized carbons (Fsp3) is 0.556. The van der Waals surface area contributed by atoms with Crippen LogP contribution < -0.4 is 10.2 Å². The normalized spacial score (nSPS) is 13.9. The minimum atomic E-state index is -0.552. The summed E-state index contributed by atoms with van der Waals surface area (Å²) in [5, 5.41) is 7.83. The lowest BCUT2D eigenvalue weighted by molar-refractivity contribution is -0.119. The Morgan fingerprint density at radius 2 is 1.93 bits per heavy atom. The Morgan fingerprint density at radius 1 is 1.22 bits per heavy atom. The number of amides is 2. The minimum absolute atomic E-state index is 0.0442. The van der Waals surface area contributed by atoms with E-state index in [0.29, 0.717) is 23.1 Å². The number of nitrogens with zero attached hydrogens (tertiary/aromatic N) is 3. The Balaban J connectivity index is 1.92. The Morgan fingerprint density at radius 3 is 2.52 bits per heavy atom. The molecule has 6 nitrogen and oxygen atoms in total. The largest absolute Gasteiger partial charge is 0.302 e. The molecule has 2 aromatic heterocycles. The summed E-state index contributed by atoms with van der Waals surface area (Å²) < 4.78 is -0.552. The van der Waals surface area contributed by atoms with Gasteiger partial charge in [0.1, 0.15) is 0 Å². The lowest BCUT2D eigenvalue weighted by Gasteiger charge is -2.24. The highest BCUT2D eigenvalue weighted by atomic mass is 32.1. The summed E-state index contributed by atoms with van der Waals surface area (Å²) in [7, 11) is 1.72. The Bertz CT molecular complexity index is 779. The van der Waals surface area contributed by atoms with Crippen molar-refractivity contribution in [2.45, 2.75) is 51.7 Å². The number of hydrogen-bond acceptors (Lipinski definition) is 7. The number of carbonyl (C=O) groups excluding carboxylic acids is 2. The summed E-state index contributed by atoms with van der Waals surface area (Å²) in [6.07, 6.45) is 2.90. The van der Waals surface area contributed by atoms with Gasteiger partial charge in [0, 0.05) is 48.0 Å². The monoisotopic (exact) mass is 426 g/mol. The molecule has 0 saturated carbocycles. The van der Waals surface area contributed by atoms with Crippen LogP contribution in [0.2, 0.25) is 0 Å². The van der Waals surface area contributed by atoms with E-state index < -0.39 is 4.75 Å². The second kappa shape index (κ2) is 8.70. The van der Waals surface area contributed by atoms with E-state index in [2.05, 4.69) is 27.9 Å². The van der Waals surface area contributed by atoms with Crippen molar-refractivity contribution in [3.05, 3.63) is 22.7 Å². The van der Waals surface area contributed by atoms with E-state index >= 15 is 0 Å². The van der Waals surface area contributed by atoms with Crippen molar-refractivity contribution >= 4 is 57.4 Å². The number of carbonyl (C=O) groups is 2. The molecule has 0 aromatic carbocycles. The van der Waals surface area contributed by atoms with Crippen molar-refractivity contribution in [3.8, 4) is 0 Å². The summed E-state index contributed by atoms with van der Waals surface area (Å²) in [5.74, 6) is -0.0892. The van der Waals surface area contributed by atoms with Gasteiger partial charge in [-0.3, -0.25) is 14.5 Å². The number of thiazole rings is 2.